The fourth-order valence-electron chi connectivity index (χ4n) is 3.69. The summed E-state index contributed by atoms with van der Waals surface area (Å²) in [5, 5.41) is 4.35. The predicted octanol–water partition coefficient (Wildman–Crippen LogP) is 2.72. The zero-order valence-electron chi connectivity index (χ0n) is 19.0. The Balaban J connectivity index is 1.66. The zero-order valence-corrected chi connectivity index (χ0v) is 20.5. The van der Waals surface area contributed by atoms with Gasteiger partial charge in [-0.15, -0.1) is 0 Å². The molecule has 0 aliphatic carbocycles. The van der Waals surface area contributed by atoms with E-state index in [1.54, 1.807) is 56.6 Å². The molecule has 0 bridgehead atoms. The molecule has 4 rings (SSSR count). The van der Waals surface area contributed by atoms with Gasteiger partial charge in [-0.25, -0.2) is 8.42 Å². The number of nitrogens with zero attached hydrogens (tertiary/aromatic N) is 5. The molecule has 9 nitrogen and oxygen atoms in total. The van der Waals surface area contributed by atoms with Crippen LogP contribution in [-0.2, 0) is 16.6 Å². The van der Waals surface area contributed by atoms with Crippen molar-refractivity contribution in [1.29, 1.82) is 0 Å². The smallest absolute Gasteiger partial charge is 0.316 e. The first-order valence-corrected chi connectivity index (χ1v) is 12.8. The van der Waals surface area contributed by atoms with Gasteiger partial charge in [-0.05, 0) is 44.2 Å². The molecule has 1 fully saturated rings. The molecule has 0 atom stereocenters. The molecule has 1 aliphatic rings. The van der Waals surface area contributed by atoms with Gasteiger partial charge < -0.3 is 9.64 Å². The summed E-state index contributed by atoms with van der Waals surface area (Å²) in [6.45, 7) is 4.90. The number of hydrogen-bond acceptors (Lipinski definition) is 7. The van der Waals surface area contributed by atoms with E-state index >= 15 is 0 Å². The Hall–Kier alpha value is -2.95. The van der Waals surface area contributed by atoms with Gasteiger partial charge >= 0.3 is 5.56 Å². The Morgan fingerprint density at radius 2 is 1.85 bits per heavy atom. The van der Waals surface area contributed by atoms with Gasteiger partial charge in [0, 0.05) is 37.4 Å². The van der Waals surface area contributed by atoms with Crippen LogP contribution in [0.5, 0.6) is 5.75 Å². The van der Waals surface area contributed by atoms with Gasteiger partial charge in [0.2, 0.25) is 15.8 Å². The normalized spacial score (nSPS) is 15.0. The third-order valence-electron chi connectivity index (χ3n) is 5.59. The molecule has 2 aromatic heterocycles. The lowest BCUT2D eigenvalue weighted by atomic mass is 10.3. The van der Waals surface area contributed by atoms with Crippen LogP contribution in [0.25, 0.3) is 5.69 Å². The average Bonchev–Trinajstić information content (AvgIpc) is 2.83. The SMILES string of the molecule is CC(C)S(=O)(=O)N1CCN(c2cnn(-c3cccc(Cl)c3)c(=O)c2OCc2ccccn2)CC1. The minimum absolute atomic E-state index is 0.102. The number of sulfonamides is 1. The van der Waals surface area contributed by atoms with E-state index in [1.807, 2.05) is 17.0 Å². The maximum Gasteiger partial charge on any atom is 0.316 e. The largest absolute Gasteiger partial charge is 0.480 e. The Labute approximate surface area is 203 Å². The first kappa shape index (κ1) is 24.2. The van der Waals surface area contributed by atoms with Gasteiger partial charge in [0.25, 0.3) is 0 Å². The number of pyridine rings is 1. The zero-order chi connectivity index (χ0) is 24.3. The molecule has 0 saturated carbocycles. The van der Waals surface area contributed by atoms with Crippen LogP contribution in [0.3, 0.4) is 0 Å². The van der Waals surface area contributed by atoms with Crippen LogP contribution in [0.1, 0.15) is 19.5 Å². The lowest BCUT2D eigenvalue weighted by molar-refractivity contribution is 0.293. The number of anilines is 1. The van der Waals surface area contributed by atoms with E-state index in [4.69, 9.17) is 16.3 Å². The lowest BCUT2D eigenvalue weighted by Gasteiger charge is -2.36. The molecule has 3 aromatic rings. The van der Waals surface area contributed by atoms with Crippen molar-refractivity contribution in [2.45, 2.75) is 25.7 Å². The third kappa shape index (κ3) is 5.08. The Morgan fingerprint density at radius 3 is 2.50 bits per heavy atom. The predicted molar refractivity (Wildman–Crippen MR) is 131 cm³/mol. The molecule has 0 radical (unpaired) electrons. The number of halogens is 1. The number of piperazine rings is 1. The van der Waals surface area contributed by atoms with E-state index < -0.39 is 20.8 Å². The quantitative estimate of drug-likeness (QED) is 0.489. The molecule has 3 heterocycles. The van der Waals surface area contributed by atoms with Crippen molar-refractivity contribution in [3.8, 4) is 11.4 Å². The van der Waals surface area contributed by atoms with Crippen LogP contribution < -0.4 is 15.2 Å². The van der Waals surface area contributed by atoms with Crippen molar-refractivity contribution in [3.63, 3.8) is 0 Å². The molecule has 1 saturated heterocycles. The van der Waals surface area contributed by atoms with Crippen LogP contribution in [0.4, 0.5) is 5.69 Å². The van der Waals surface area contributed by atoms with Crippen LogP contribution in [0, 0.1) is 0 Å². The molecule has 180 valence electrons. The van der Waals surface area contributed by atoms with Crippen LogP contribution in [-0.4, -0.2) is 58.9 Å². The van der Waals surface area contributed by atoms with Crippen molar-refractivity contribution in [1.82, 2.24) is 19.1 Å². The molecule has 11 heteroatoms. The molecular formula is C23H26ClN5O4S. The summed E-state index contributed by atoms with van der Waals surface area (Å²) in [5.41, 5.74) is 1.26. The van der Waals surface area contributed by atoms with Crippen molar-refractivity contribution < 1.29 is 13.2 Å². The van der Waals surface area contributed by atoms with E-state index in [0.717, 1.165) is 0 Å². The van der Waals surface area contributed by atoms with Crippen LogP contribution in [0.15, 0.2) is 59.7 Å². The highest BCUT2D eigenvalue weighted by molar-refractivity contribution is 7.89. The first-order valence-electron chi connectivity index (χ1n) is 10.9. The highest BCUT2D eigenvalue weighted by Gasteiger charge is 2.31. The van der Waals surface area contributed by atoms with E-state index in [2.05, 4.69) is 10.1 Å². The molecule has 1 aliphatic heterocycles. The minimum Gasteiger partial charge on any atom is -0.480 e. The second kappa shape index (κ2) is 10.1. The second-order valence-electron chi connectivity index (χ2n) is 8.15. The van der Waals surface area contributed by atoms with Crippen molar-refractivity contribution >= 4 is 27.3 Å². The maximum absolute atomic E-state index is 13.5. The third-order valence-corrected chi connectivity index (χ3v) is 8.10. The second-order valence-corrected chi connectivity index (χ2v) is 11.1. The summed E-state index contributed by atoms with van der Waals surface area (Å²) in [4.78, 5) is 19.6. The average molecular weight is 504 g/mol. The van der Waals surface area contributed by atoms with Crippen molar-refractivity contribution in [2.75, 3.05) is 31.1 Å². The minimum atomic E-state index is -3.34. The Bertz CT molecular complexity index is 1310. The molecular weight excluding hydrogens is 478 g/mol. The van der Waals surface area contributed by atoms with Crippen molar-refractivity contribution in [2.24, 2.45) is 0 Å². The fraction of sp³-hybridized carbons (Fsp3) is 0.348. The van der Waals surface area contributed by atoms with E-state index in [1.165, 1.54) is 8.99 Å². The molecule has 34 heavy (non-hydrogen) atoms. The van der Waals surface area contributed by atoms with E-state index in [-0.39, 0.29) is 12.4 Å². The van der Waals surface area contributed by atoms with Gasteiger partial charge in [0.05, 0.1) is 22.8 Å². The Morgan fingerprint density at radius 1 is 1.09 bits per heavy atom. The van der Waals surface area contributed by atoms with Gasteiger partial charge in [0.1, 0.15) is 12.3 Å². The number of hydrogen-bond donors (Lipinski definition) is 0. The summed E-state index contributed by atoms with van der Waals surface area (Å²) in [5.74, 6) is 0.126. The van der Waals surface area contributed by atoms with E-state index in [9.17, 15) is 13.2 Å². The monoisotopic (exact) mass is 503 g/mol. The first-order chi connectivity index (χ1) is 16.3. The highest BCUT2D eigenvalue weighted by atomic mass is 35.5. The maximum atomic E-state index is 13.5. The lowest BCUT2D eigenvalue weighted by Crippen LogP contribution is -2.50. The summed E-state index contributed by atoms with van der Waals surface area (Å²) in [6.07, 6.45) is 3.23. The highest BCUT2D eigenvalue weighted by Crippen LogP contribution is 2.27. The van der Waals surface area contributed by atoms with Gasteiger partial charge in [-0.1, -0.05) is 23.7 Å². The van der Waals surface area contributed by atoms with Gasteiger partial charge in [0.15, 0.2) is 0 Å². The standard InChI is InChI=1S/C23H26ClN5O4S/c1-17(2)34(31,32)28-12-10-27(11-13-28)21-15-26-29(20-8-5-6-18(24)14-20)23(30)22(21)33-16-19-7-3-4-9-25-19/h3-9,14-15,17H,10-13,16H2,1-2H3. The summed E-state index contributed by atoms with van der Waals surface area (Å²) < 4.78 is 33.8. The van der Waals surface area contributed by atoms with Crippen LogP contribution in [0.2, 0.25) is 5.02 Å². The molecule has 0 spiro atoms. The van der Waals surface area contributed by atoms with Gasteiger partial charge in [-0.3, -0.25) is 9.78 Å². The number of aromatic nitrogens is 3. The fourth-order valence-corrected chi connectivity index (χ4v) is 5.15. The number of rotatable bonds is 7. The summed E-state index contributed by atoms with van der Waals surface area (Å²) >= 11 is 6.11. The van der Waals surface area contributed by atoms with E-state index in [0.29, 0.717) is 48.3 Å². The topological polar surface area (TPSA) is 97.6 Å². The van der Waals surface area contributed by atoms with Gasteiger partial charge in [-0.2, -0.15) is 14.1 Å². The summed E-state index contributed by atoms with van der Waals surface area (Å²) in [7, 11) is -3.34. The number of ether oxygens (including phenoxy) is 1. The van der Waals surface area contributed by atoms with Crippen molar-refractivity contribution in [3.05, 3.63) is 75.9 Å². The molecule has 1 aromatic carbocycles. The summed E-state index contributed by atoms with van der Waals surface area (Å²) in [6, 6.07) is 12.3. The molecule has 0 amide bonds. The molecule has 0 N–H and O–H groups in total. The Kier molecular flexibility index (Phi) is 7.20. The van der Waals surface area contributed by atoms with Crippen LogP contribution >= 0.6 is 11.6 Å². The number of benzene rings is 1. The molecule has 0 unspecified atom stereocenters.